The van der Waals surface area contributed by atoms with Gasteiger partial charge in [0.25, 0.3) is 5.91 Å². The summed E-state index contributed by atoms with van der Waals surface area (Å²) in [6.45, 7) is 0. The first kappa shape index (κ1) is 16.9. The lowest BCUT2D eigenvalue weighted by molar-refractivity contribution is 0.0916. The molecule has 1 saturated carbocycles. The zero-order valence-corrected chi connectivity index (χ0v) is 15.6. The molecule has 1 aromatic rings. The van der Waals surface area contributed by atoms with Gasteiger partial charge in [-0.2, -0.15) is 0 Å². The molecule has 0 bridgehead atoms. The Morgan fingerprint density at radius 1 is 1.19 bits per heavy atom. The highest BCUT2D eigenvalue weighted by Crippen LogP contribution is 2.29. The monoisotopic (exact) mass is 432 g/mol. The standard InChI is InChI=1S/C15H18Br2N2OS/c16-10-5-6-12(17)11(9-10)13(20)19-15(14(18)21)7-3-1-2-4-8-15/h5-6,9H,1-4,7-8H2,(H2,18,21)(H,19,20). The van der Waals surface area contributed by atoms with Gasteiger partial charge in [-0.3, -0.25) is 4.79 Å². The fraction of sp³-hybridized carbons (Fsp3) is 0.467. The third-order valence-corrected chi connectivity index (χ3v) is 5.53. The summed E-state index contributed by atoms with van der Waals surface area (Å²) in [5.74, 6) is -0.141. The first-order valence-electron chi connectivity index (χ1n) is 7.02. The van der Waals surface area contributed by atoms with E-state index in [9.17, 15) is 4.79 Å². The van der Waals surface area contributed by atoms with Crippen molar-refractivity contribution in [3.63, 3.8) is 0 Å². The van der Waals surface area contributed by atoms with Crippen LogP contribution in [0.5, 0.6) is 0 Å². The van der Waals surface area contributed by atoms with Gasteiger partial charge in [0.15, 0.2) is 0 Å². The second-order valence-electron chi connectivity index (χ2n) is 5.44. The van der Waals surface area contributed by atoms with Crippen LogP contribution in [-0.2, 0) is 0 Å². The molecule has 0 saturated heterocycles. The Morgan fingerprint density at radius 3 is 2.38 bits per heavy atom. The largest absolute Gasteiger partial charge is 0.391 e. The van der Waals surface area contributed by atoms with E-state index in [0.29, 0.717) is 10.6 Å². The van der Waals surface area contributed by atoms with Crippen LogP contribution in [0.1, 0.15) is 48.9 Å². The smallest absolute Gasteiger partial charge is 0.253 e. The maximum absolute atomic E-state index is 12.6. The van der Waals surface area contributed by atoms with Crippen molar-refractivity contribution in [1.82, 2.24) is 5.32 Å². The van der Waals surface area contributed by atoms with Crippen LogP contribution < -0.4 is 11.1 Å². The van der Waals surface area contributed by atoms with E-state index in [4.69, 9.17) is 18.0 Å². The number of rotatable bonds is 3. The molecule has 1 fully saturated rings. The average molecular weight is 434 g/mol. The third-order valence-electron chi connectivity index (χ3n) is 3.95. The number of benzene rings is 1. The number of hydrogen-bond donors (Lipinski definition) is 2. The van der Waals surface area contributed by atoms with Crippen molar-refractivity contribution < 1.29 is 4.79 Å². The van der Waals surface area contributed by atoms with Gasteiger partial charge in [-0.1, -0.05) is 53.8 Å². The number of nitrogens with two attached hydrogens (primary N) is 1. The number of amides is 1. The Balaban J connectivity index is 2.26. The lowest BCUT2D eigenvalue weighted by atomic mass is 9.89. The van der Waals surface area contributed by atoms with Crippen molar-refractivity contribution in [1.29, 1.82) is 0 Å². The predicted octanol–water partition coefficient (Wildman–Crippen LogP) is 4.32. The second-order valence-corrected chi connectivity index (χ2v) is 7.65. The molecular formula is C15H18Br2N2OS. The minimum absolute atomic E-state index is 0.141. The Kier molecular flexibility index (Phi) is 5.80. The Morgan fingerprint density at radius 2 is 1.81 bits per heavy atom. The van der Waals surface area contributed by atoms with E-state index in [1.54, 1.807) is 6.07 Å². The molecular weight excluding hydrogens is 416 g/mol. The molecule has 0 aliphatic heterocycles. The Bertz CT molecular complexity index is 555. The van der Waals surface area contributed by atoms with E-state index in [2.05, 4.69) is 37.2 Å². The van der Waals surface area contributed by atoms with Crippen molar-refractivity contribution in [2.75, 3.05) is 0 Å². The van der Waals surface area contributed by atoms with Crippen LogP contribution in [-0.4, -0.2) is 16.4 Å². The normalized spacial score (nSPS) is 17.8. The molecule has 6 heteroatoms. The van der Waals surface area contributed by atoms with Gasteiger partial charge >= 0.3 is 0 Å². The highest BCUT2D eigenvalue weighted by molar-refractivity contribution is 9.11. The van der Waals surface area contributed by atoms with Crippen LogP contribution in [0.4, 0.5) is 0 Å². The number of carbonyl (C=O) groups is 1. The van der Waals surface area contributed by atoms with Crippen LogP contribution in [0.25, 0.3) is 0 Å². The Hall–Kier alpha value is -0.460. The average Bonchev–Trinajstić information content (AvgIpc) is 2.68. The lowest BCUT2D eigenvalue weighted by Crippen LogP contribution is -2.56. The quantitative estimate of drug-likeness (QED) is 0.551. The summed E-state index contributed by atoms with van der Waals surface area (Å²) in [4.78, 5) is 13.0. The van der Waals surface area contributed by atoms with Crippen LogP contribution in [0.3, 0.4) is 0 Å². The number of thiocarbonyl (C=S) groups is 1. The van der Waals surface area contributed by atoms with Gasteiger partial charge in [0, 0.05) is 8.95 Å². The molecule has 0 aromatic heterocycles. The van der Waals surface area contributed by atoms with Crippen LogP contribution >= 0.6 is 44.1 Å². The van der Waals surface area contributed by atoms with Gasteiger partial charge < -0.3 is 11.1 Å². The summed E-state index contributed by atoms with van der Waals surface area (Å²) in [6, 6.07) is 5.53. The molecule has 1 aliphatic carbocycles. The second kappa shape index (κ2) is 7.20. The maximum Gasteiger partial charge on any atom is 0.253 e. The van der Waals surface area contributed by atoms with Crippen LogP contribution in [0.2, 0.25) is 0 Å². The van der Waals surface area contributed by atoms with Gasteiger partial charge in [0.1, 0.15) is 0 Å². The van der Waals surface area contributed by atoms with Crippen molar-refractivity contribution in [2.45, 2.75) is 44.1 Å². The number of nitrogens with one attached hydrogen (secondary N) is 1. The van der Waals surface area contributed by atoms with Crippen LogP contribution in [0, 0.1) is 0 Å². The third kappa shape index (κ3) is 4.05. The zero-order chi connectivity index (χ0) is 15.5. The molecule has 1 aliphatic rings. The fourth-order valence-corrected chi connectivity index (χ4v) is 3.76. The van der Waals surface area contributed by atoms with E-state index in [0.717, 1.165) is 34.6 Å². The van der Waals surface area contributed by atoms with E-state index >= 15 is 0 Å². The van der Waals surface area contributed by atoms with Crippen molar-refractivity contribution in [2.24, 2.45) is 5.73 Å². The molecule has 2 rings (SSSR count). The zero-order valence-electron chi connectivity index (χ0n) is 11.6. The van der Waals surface area contributed by atoms with E-state index in [-0.39, 0.29) is 5.91 Å². The first-order valence-corrected chi connectivity index (χ1v) is 9.01. The topological polar surface area (TPSA) is 55.1 Å². The van der Waals surface area contributed by atoms with Crippen molar-refractivity contribution >= 4 is 55.0 Å². The van der Waals surface area contributed by atoms with Gasteiger partial charge in [0.05, 0.1) is 16.1 Å². The fourth-order valence-electron chi connectivity index (χ4n) is 2.72. The van der Waals surface area contributed by atoms with Crippen LogP contribution in [0.15, 0.2) is 27.1 Å². The minimum Gasteiger partial charge on any atom is -0.391 e. The summed E-state index contributed by atoms with van der Waals surface area (Å²) in [5, 5.41) is 3.10. The predicted molar refractivity (Wildman–Crippen MR) is 96.5 cm³/mol. The van der Waals surface area contributed by atoms with E-state index in [1.807, 2.05) is 12.1 Å². The molecule has 1 amide bonds. The summed E-state index contributed by atoms with van der Waals surface area (Å²) in [7, 11) is 0. The van der Waals surface area contributed by atoms with Gasteiger partial charge in [-0.05, 0) is 47.0 Å². The van der Waals surface area contributed by atoms with Crippen molar-refractivity contribution in [3.05, 3.63) is 32.7 Å². The molecule has 0 heterocycles. The molecule has 0 spiro atoms. The lowest BCUT2D eigenvalue weighted by Gasteiger charge is -2.33. The summed E-state index contributed by atoms with van der Waals surface area (Å²) < 4.78 is 1.62. The van der Waals surface area contributed by atoms with Gasteiger partial charge in [-0.15, -0.1) is 0 Å². The number of carbonyl (C=O) groups excluding carboxylic acids is 1. The van der Waals surface area contributed by atoms with E-state index < -0.39 is 5.54 Å². The highest BCUT2D eigenvalue weighted by atomic mass is 79.9. The van der Waals surface area contributed by atoms with Crippen molar-refractivity contribution in [3.8, 4) is 0 Å². The molecule has 21 heavy (non-hydrogen) atoms. The molecule has 0 unspecified atom stereocenters. The van der Waals surface area contributed by atoms with Gasteiger partial charge in [-0.25, -0.2) is 0 Å². The molecule has 0 atom stereocenters. The summed E-state index contributed by atoms with van der Waals surface area (Å²) in [6.07, 6.45) is 6.05. The van der Waals surface area contributed by atoms with Gasteiger partial charge in [0.2, 0.25) is 0 Å². The molecule has 114 valence electrons. The molecule has 1 aromatic carbocycles. The summed E-state index contributed by atoms with van der Waals surface area (Å²) in [5.41, 5.74) is 6.00. The highest BCUT2D eigenvalue weighted by Gasteiger charge is 2.36. The summed E-state index contributed by atoms with van der Waals surface area (Å²) >= 11 is 12.1. The SMILES string of the molecule is NC(=S)C1(NC(=O)c2cc(Br)ccc2Br)CCCCCC1. The van der Waals surface area contributed by atoms with E-state index in [1.165, 1.54) is 12.8 Å². The molecule has 0 radical (unpaired) electrons. The first-order chi connectivity index (χ1) is 9.94. The Labute approximate surface area is 147 Å². The number of halogens is 2. The maximum atomic E-state index is 12.6. The molecule has 3 nitrogen and oxygen atoms in total. The molecule has 3 N–H and O–H groups in total. The minimum atomic E-state index is -0.551. The number of hydrogen-bond acceptors (Lipinski definition) is 2.